The van der Waals surface area contributed by atoms with Crippen molar-refractivity contribution in [3.8, 4) is 0 Å². The van der Waals surface area contributed by atoms with Crippen LogP contribution in [0.2, 0.25) is 0 Å². The summed E-state index contributed by atoms with van der Waals surface area (Å²) in [6.45, 7) is 3.75. The highest BCUT2D eigenvalue weighted by molar-refractivity contribution is 14.0. The zero-order valence-electron chi connectivity index (χ0n) is 12.6. The highest BCUT2D eigenvalue weighted by atomic mass is 127. The van der Waals surface area contributed by atoms with Gasteiger partial charge in [-0.15, -0.1) is 24.0 Å². The number of nitrogens with zero attached hydrogens (tertiary/aromatic N) is 1. The van der Waals surface area contributed by atoms with E-state index in [1.165, 1.54) is 32.1 Å². The molecule has 2 rings (SSSR count). The quantitative estimate of drug-likeness (QED) is 0.390. The topological polar surface area (TPSA) is 56.7 Å². The number of hydrogen-bond donors (Lipinski definition) is 3. The second kappa shape index (κ2) is 9.82. The Morgan fingerprint density at radius 2 is 1.85 bits per heavy atom. The second-order valence-electron chi connectivity index (χ2n) is 5.96. The summed E-state index contributed by atoms with van der Waals surface area (Å²) in [6.07, 6.45) is 9.64. The largest absolute Gasteiger partial charge is 0.393 e. The molecule has 0 bridgehead atoms. The fourth-order valence-corrected chi connectivity index (χ4v) is 3.20. The molecule has 0 spiro atoms. The van der Waals surface area contributed by atoms with Crippen LogP contribution in [0.1, 0.15) is 58.3 Å². The molecule has 2 saturated carbocycles. The molecule has 3 N–H and O–H groups in total. The van der Waals surface area contributed by atoms with Crippen LogP contribution in [0.5, 0.6) is 0 Å². The SMILES string of the molecule is CCNC(=NCC1CCCC1O)NC1CCCCC1.I. The molecule has 0 aromatic heterocycles. The molecule has 0 aromatic rings. The number of halogens is 1. The van der Waals surface area contributed by atoms with Crippen LogP contribution < -0.4 is 10.6 Å². The summed E-state index contributed by atoms with van der Waals surface area (Å²) >= 11 is 0. The van der Waals surface area contributed by atoms with E-state index < -0.39 is 0 Å². The first-order chi connectivity index (χ1) is 9.29. The highest BCUT2D eigenvalue weighted by Gasteiger charge is 2.25. The zero-order chi connectivity index (χ0) is 13.5. The monoisotopic (exact) mass is 395 g/mol. The van der Waals surface area contributed by atoms with Crippen LogP contribution >= 0.6 is 24.0 Å². The Morgan fingerprint density at radius 3 is 2.45 bits per heavy atom. The van der Waals surface area contributed by atoms with E-state index in [9.17, 15) is 5.11 Å². The predicted molar refractivity (Wildman–Crippen MR) is 94.8 cm³/mol. The molecule has 20 heavy (non-hydrogen) atoms. The summed E-state index contributed by atoms with van der Waals surface area (Å²) in [4.78, 5) is 4.67. The number of aliphatic hydroxyl groups is 1. The Balaban J connectivity index is 0.00000200. The van der Waals surface area contributed by atoms with Crippen LogP contribution in [0.3, 0.4) is 0 Å². The van der Waals surface area contributed by atoms with E-state index >= 15 is 0 Å². The van der Waals surface area contributed by atoms with Crippen LogP contribution in [-0.2, 0) is 0 Å². The van der Waals surface area contributed by atoms with Gasteiger partial charge in [-0.1, -0.05) is 25.7 Å². The molecule has 5 heteroatoms. The summed E-state index contributed by atoms with van der Waals surface area (Å²) in [7, 11) is 0. The van der Waals surface area contributed by atoms with Crippen molar-refractivity contribution in [3.05, 3.63) is 0 Å². The van der Waals surface area contributed by atoms with E-state index in [1.807, 2.05) is 0 Å². The van der Waals surface area contributed by atoms with Crippen molar-refractivity contribution in [3.63, 3.8) is 0 Å². The first-order valence-corrected chi connectivity index (χ1v) is 8.02. The molecule has 2 unspecified atom stereocenters. The van der Waals surface area contributed by atoms with Crippen molar-refractivity contribution < 1.29 is 5.11 Å². The van der Waals surface area contributed by atoms with E-state index in [4.69, 9.17) is 0 Å². The Labute approximate surface area is 140 Å². The minimum atomic E-state index is -0.138. The molecule has 2 aliphatic rings. The molecule has 118 valence electrons. The summed E-state index contributed by atoms with van der Waals surface area (Å²) in [5.74, 6) is 1.30. The fourth-order valence-electron chi connectivity index (χ4n) is 3.20. The van der Waals surface area contributed by atoms with Crippen LogP contribution in [0, 0.1) is 5.92 Å². The second-order valence-corrected chi connectivity index (χ2v) is 5.96. The van der Waals surface area contributed by atoms with Gasteiger partial charge in [0.2, 0.25) is 0 Å². The first kappa shape index (κ1) is 18.0. The van der Waals surface area contributed by atoms with E-state index in [-0.39, 0.29) is 30.1 Å². The maximum Gasteiger partial charge on any atom is 0.191 e. The third kappa shape index (κ3) is 5.76. The van der Waals surface area contributed by atoms with Gasteiger partial charge in [0.1, 0.15) is 0 Å². The number of guanidine groups is 1. The molecular formula is C15H30IN3O. The van der Waals surface area contributed by atoms with Gasteiger partial charge in [0.25, 0.3) is 0 Å². The number of nitrogens with one attached hydrogen (secondary N) is 2. The zero-order valence-corrected chi connectivity index (χ0v) is 14.9. The van der Waals surface area contributed by atoms with Crippen LogP contribution in [-0.4, -0.2) is 36.3 Å². The van der Waals surface area contributed by atoms with E-state index in [2.05, 4.69) is 22.5 Å². The standard InChI is InChI=1S/C15H29N3O.HI/c1-2-16-15(18-13-8-4-3-5-9-13)17-11-12-7-6-10-14(12)19;/h12-14,19H,2-11H2,1H3,(H2,16,17,18);1H. The van der Waals surface area contributed by atoms with Gasteiger partial charge >= 0.3 is 0 Å². The number of aliphatic imine (C=N–C) groups is 1. The van der Waals surface area contributed by atoms with Gasteiger partial charge in [-0.3, -0.25) is 4.99 Å². The van der Waals surface area contributed by atoms with Crippen molar-refractivity contribution in [2.45, 2.75) is 70.4 Å². The molecular weight excluding hydrogens is 365 g/mol. The summed E-state index contributed by atoms with van der Waals surface area (Å²) in [6, 6.07) is 0.583. The minimum absolute atomic E-state index is 0. The van der Waals surface area contributed by atoms with E-state index in [0.29, 0.717) is 12.0 Å². The molecule has 0 saturated heterocycles. The third-order valence-electron chi connectivity index (χ3n) is 4.39. The molecule has 2 fully saturated rings. The van der Waals surface area contributed by atoms with Crippen molar-refractivity contribution in [1.29, 1.82) is 0 Å². The maximum atomic E-state index is 9.84. The Hall–Kier alpha value is -0.0400. The highest BCUT2D eigenvalue weighted by Crippen LogP contribution is 2.25. The van der Waals surface area contributed by atoms with Crippen LogP contribution in [0.4, 0.5) is 0 Å². The molecule has 0 aliphatic heterocycles. The summed E-state index contributed by atoms with van der Waals surface area (Å²) in [5.41, 5.74) is 0. The average Bonchev–Trinajstić information content (AvgIpc) is 2.83. The van der Waals surface area contributed by atoms with Gasteiger partial charge in [0, 0.05) is 25.0 Å². The van der Waals surface area contributed by atoms with E-state index in [0.717, 1.165) is 38.3 Å². The Kier molecular flexibility index (Phi) is 8.84. The van der Waals surface area contributed by atoms with Gasteiger partial charge in [-0.25, -0.2) is 0 Å². The maximum absolute atomic E-state index is 9.84. The first-order valence-electron chi connectivity index (χ1n) is 8.02. The van der Waals surface area contributed by atoms with Gasteiger partial charge < -0.3 is 15.7 Å². The van der Waals surface area contributed by atoms with E-state index in [1.54, 1.807) is 0 Å². The molecule has 2 aliphatic carbocycles. The van der Waals surface area contributed by atoms with Crippen LogP contribution in [0.25, 0.3) is 0 Å². The average molecular weight is 395 g/mol. The van der Waals surface area contributed by atoms with Crippen molar-refractivity contribution in [2.75, 3.05) is 13.1 Å². The number of aliphatic hydroxyl groups excluding tert-OH is 1. The van der Waals surface area contributed by atoms with Gasteiger partial charge in [0.15, 0.2) is 5.96 Å². The molecule has 0 aromatic carbocycles. The normalized spacial score (nSPS) is 28.0. The lowest BCUT2D eigenvalue weighted by molar-refractivity contribution is 0.136. The smallest absolute Gasteiger partial charge is 0.191 e. The Bertz CT molecular complexity index is 293. The molecule has 0 heterocycles. The fraction of sp³-hybridized carbons (Fsp3) is 0.933. The summed E-state index contributed by atoms with van der Waals surface area (Å²) in [5, 5.41) is 16.7. The molecule has 2 atom stereocenters. The van der Waals surface area contributed by atoms with Crippen molar-refractivity contribution in [1.82, 2.24) is 10.6 Å². The minimum Gasteiger partial charge on any atom is -0.393 e. The molecule has 4 nitrogen and oxygen atoms in total. The predicted octanol–water partition coefficient (Wildman–Crippen LogP) is 2.65. The third-order valence-corrected chi connectivity index (χ3v) is 4.39. The number of rotatable bonds is 4. The number of hydrogen-bond acceptors (Lipinski definition) is 2. The molecule has 0 amide bonds. The Morgan fingerprint density at radius 1 is 1.10 bits per heavy atom. The van der Waals surface area contributed by atoms with Crippen molar-refractivity contribution in [2.24, 2.45) is 10.9 Å². The summed E-state index contributed by atoms with van der Waals surface area (Å²) < 4.78 is 0. The van der Waals surface area contributed by atoms with Crippen molar-refractivity contribution >= 4 is 29.9 Å². The lowest BCUT2D eigenvalue weighted by atomic mass is 9.96. The lowest BCUT2D eigenvalue weighted by Crippen LogP contribution is -2.44. The van der Waals surface area contributed by atoms with Crippen LogP contribution in [0.15, 0.2) is 4.99 Å². The van der Waals surface area contributed by atoms with Gasteiger partial charge in [0.05, 0.1) is 6.10 Å². The molecule has 0 radical (unpaired) electrons. The lowest BCUT2D eigenvalue weighted by Gasteiger charge is -2.25. The van der Waals surface area contributed by atoms with Gasteiger partial charge in [-0.05, 0) is 32.6 Å². The van der Waals surface area contributed by atoms with Gasteiger partial charge in [-0.2, -0.15) is 0 Å².